The molecule has 4 nitrogen and oxygen atoms in total. The van der Waals surface area contributed by atoms with E-state index in [9.17, 15) is 8.42 Å². The van der Waals surface area contributed by atoms with Crippen LogP contribution in [0, 0.1) is 0 Å². The quantitative estimate of drug-likeness (QED) is 0.128. The Morgan fingerprint density at radius 1 is 0.741 bits per heavy atom. The van der Waals surface area contributed by atoms with Crippen LogP contribution >= 0.6 is 0 Å². The van der Waals surface area contributed by atoms with Crippen molar-refractivity contribution in [2.75, 3.05) is 25.9 Å². The zero-order chi connectivity index (χ0) is 19.5. The molecule has 0 aromatic heterocycles. The fraction of sp³-hybridized carbons (Fsp3) is 0.905. The molecule has 1 radical (unpaired) electrons. The van der Waals surface area contributed by atoms with E-state index < -0.39 is 10.1 Å². The SMILES string of the molecule is CCCCCCCC/C=C\CCCCCCCCN(C)CCS(=O)(=O)O.[K]. The van der Waals surface area contributed by atoms with Crippen molar-refractivity contribution >= 4 is 61.5 Å². The van der Waals surface area contributed by atoms with Crippen LogP contribution in [0.4, 0.5) is 0 Å². The van der Waals surface area contributed by atoms with Crippen molar-refractivity contribution in [1.29, 1.82) is 0 Å². The van der Waals surface area contributed by atoms with Gasteiger partial charge in [-0.2, -0.15) is 8.42 Å². The summed E-state index contributed by atoms with van der Waals surface area (Å²) >= 11 is 0. The van der Waals surface area contributed by atoms with Gasteiger partial charge in [0.1, 0.15) is 0 Å². The van der Waals surface area contributed by atoms with E-state index in [1.807, 2.05) is 11.9 Å². The van der Waals surface area contributed by atoms with Gasteiger partial charge in [-0.25, -0.2) is 0 Å². The first kappa shape index (κ1) is 30.4. The van der Waals surface area contributed by atoms with Gasteiger partial charge in [0.05, 0.1) is 5.75 Å². The van der Waals surface area contributed by atoms with Crippen molar-refractivity contribution in [3.05, 3.63) is 12.2 Å². The molecule has 0 aliphatic heterocycles. The van der Waals surface area contributed by atoms with Gasteiger partial charge in [-0.05, 0) is 45.7 Å². The summed E-state index contributed by atoms with van der Waals surface area (Å²) in [5.41, 5.74) is 0. The van der Waals surface area contributed by atoms with Crippen LogP contribution in [0.2, 0.25) is 0 Å². The molecular weight excluding hydrogens is 385 g/mol. The molecule has 0 spiro atoms. The fourth-order valence-electron chi connectivity index (χ4n) is 3.01. The van der Waals surface area contributed by atoms with E-state index in [1.165, 1.54) is 83.5 Å². The Morgan fingerprint density at radius 2 is 1.19 bits per heavy atom. The van der Waals surface area contributed by atoms with Crippen molar-refractivity contribution in [3.63, 3.8) is 0 Å². The first-order chi connectivity index (χ1) is 12.5. The third-order valence-electron chi connectivity index (χ3n) is 4.78. The minimum absolute atomic E-state index is 0. The first-order valence-electron chi connectivity index (χ1n) is 10.7. The fourth-order valence-corrected chi connectivity index (χ4v) is 3.55. The minimum atomic E-state index is -3.83. The van der Waals surface area contributed by atoms with Gasteiger partial charge in [-0.3, -0.25) is 4.55 Å². The van der Waals surface area contributed by atoms with Gasteiger partial charge >= 0.3 is 0 Å². The molecule has 157 valence electrons. The third kappa shape index (κ3) is 27.2. The average molecular weight is 429 g/mol. The monoisotopic (exact) mass is 428 g/mol. The number of nitrogens with zero attached hydrogens (tertiary/aromatic N) is 1. The first-order valence-corrected chi connectivity index (χ1v) is 12.4. The Morgan fingerprint density at radius 3 is 1.67 bits per heavy atom. The van der Waals surface area contributed by atoms with E-state index in [0.29, 0.717) is 6.54 Å². The molecule has 0 aromatic rings. The molecule has 1 N–H and O–H groups in total. The topological polar surface area (TPSA) is 57.6 Å². The number of allylic oxidation sites excluding steroid dienone is 2. The standard InChI is InChI=1S/C21H43NO3S.K/c1-3-4-5-6-7-8-9-10-11-12-13-14-15-16-17-18-19-22(2)20-21-26(23,24)25;/h10-11H,3-9,12-21H2,1-2H3,(H,23,24,25);/b11-10-;. The smallest absolute Gasteiger partial charge is 0.266 e. The maximum Gasteiger partial charge on any atom is 0.266 e. The summed E-state index contributed by atoms with van der Waals surface area (Å²) in [6.07, 6.45) is 22.9. The Bertz CT molecular complexity index is 427. The van der Waals surface area contributed by atoms with Crippen LogP contribution in [0.5, 0.6) is 0 Å². The van der Waals surface area contributed by atoms with Crippen molar-refractivity contribution in [2.24, 2.45) is 0 Å². The van der Waals surface area contributed by atoms with Crippen LogP contribution in [0.25, 0.3) is 0 Å². The second kappa shape index (κ2) is 21.9. The third-order valence-corrected chi connectivity index (χ3v) is 5.48. The van der Waals surface area contributed by atoms with Crippen LogP contribution < -0.4 is 0 Å². The van der Waals surface area contributed by atoms with E-state index in [1.54, 1.807) is 0 Å². The molecule has 27 heavy (non-hydrogen) atoms. The second-order valence-corrected chi connectivity index (χ2v) is 9.10. The van der Waals surface area contributed by atoms with Crippen LogP contribution in [-0.4, -0.2) is 95.1 Å². The van der Waals surface area contributed by atoms with Gasteiger partial charge in [-0.15, -0.1) is 0 Å². The van der Waals surface area contributed by atoms with Crippen LogP contribution in [-0.2, 0) is 10.1 Å². The second-order valence-electron chi connectivity index (χ2n) is 7.53. The van der Waals surface area contributed by atoms with Crippen LogP contribution in [0.15, 0.2) is 12.2 Å². The number of rotatable bonds is 19. The van der Waals surface area contributed by atoms with Gasteiger partial charge in [0.2, 0.25) is 0 Å². The zero-order valence-electron chi connectivity index (χ0n) is 18.3. The molecule has 6 heteroatoms. The molecule has 0 bridgehead atoms. The summed E-state index contributed by atoms with van der Waals surface area (Å²) in [5.74, 6) is -0.171. The van der Waals surface area contributed by atoms with Crippen molar-refractivity contribution < 1.29 is 13.0 Å². The van der Waals surface area contributed by atoms with E-state index in [4.69, 9.17) is 4.55 Å². The Labute approximate surface area is 212 Å². The summed E-state index contributed by atoms with van der Waals surface area (Å²) in [5, 5.41) is 0. The predicted octanol–water partition coefficient (Wildman–Crippen LogP) is 5.46. The van der Waals surface area contributed by atoms with Crippen molar-refractivity contribution in [3.8, 4) is 0 Å². The normalized spacial score (nSPS) is 12.0. The molecule has 0 aliphatic rings. The molecule has 0 saturated heterocycles. The molecule has 0 rings (SSSR count). The van der Waals surface area contributed by atoms with Gasteiger partial charge in [0, 0.05) is 57.9 Å². The zero-order valence-corrected chi connectivity index (χ0v) is 22.2. The molecule has 0 saturated carbocycles. The molecule has 0 unspecified atom stereocenters. The number of hydrogen-bond acceptors (Lipinski definition) is 3. The Hall–Kier alpha value is 1.25. The molecule has 0 heterocycles. The summed E-state index contributed by atoms with van der Waals surface area (Å²) in [7, 11) is -1.92. The van der Waals surface area contributed by atoms with Gasteiger partial charge in [0.25, 0.3) is 10.1 Å². The Kier molecular flexibility index (Phi) is 24.7. The molecular formula is C21H43KNO3S. The summed E-state index contributed by atoms with van der Waals surface area (Å²) in [4.78, 5) is 1.97. The largest absolute Gasteiger partial charge is 0.305 e. The summed E-state index contributed by atoms with van der Waals surface area (Å²) in [6, 6.07) is 0. The van der Waals surface area contributed by atoms with Crippen LogP contribution in [0.3, 0.4) is 0 Å². The van der Waals surface area contributed by atoms with Gasteiger partial charge in [-0.1, -0.05) is 76.9 Å². The van der Waals surface area contributed by atoms with E-state index in [-0.39, 0.29) is 57.1 Å². The number of hydrogen-bond donors (Lipinski definition) is 1. The molecule has 0 fully saturated rings. The molecule has 0 aromatic carbocycles. The predicted molar refractivity (Wildman–Crippen MR) is 119 cm³/mol. The van der Waals surface area contributed by atoms with Gasteiger partial charge < -0.3 is 4.90 Å². The van der Waals surface area contributed by atoms with E-state index in [0.717, 1.165) is 13.0 Å². The maximum atomic E-state index is 10.7. The van der Waals surface area contributed by atoms with E-state index >= 15 is 0 Å². The molecule has 0 atom stereocenters. The van der Waals surface area contributed by atoms with Crippen molar-refractivity contribution in [1.82, 2.24) is 4.90 Å². The average Bonchev–Trinajstić information content (AvgIpc) is 2.59. The number of unbranched alkanes of at least 4 members (excludes halogenated alkanes) is 12. The molecule has 0 amide bonds. The summed E-state index contributed by atoms with van der Waals surface area (Å²) < 4.78 is 30.1. The Balaban J connectivity index is 0. The maximum absolute atomic E-state index is 10.7. The summed E-state index contributed by atoms with van der Waals surface area (Å²) in [6.45, 7) is 3.57. The molecule has 0 aliphatic carbocycles. The van der Waals surface area contributed by atoms with Gasteiger partial charge in [0.15, 0.2) is 0 Å². The minimum Gasteiger partial charge on any atom is -0.305 e. The van der Waals surface area contributed by atoms with E-state index in [2.05, 4.69) is 19.1 Å². The van der Waals surface area contributed by atoms with Crippen LogP contribution in [0.1, 0.15) is 96.8 Å². The van der Waals surface area contributed by atoms with Crippen molar-refractivity contribution in [2.45, 2.75) is 96.8 Å².